The number of amides is 1. The summed E-state index contributed by atoms with van der Waals surface area (Å²) >= 11 is 3.34. The van der Waals surface area contributed by atoms with Crippen LogP contribution in [0, 0.1) is 5.92 Å². The van der Waals surface area contributed by atoms with Crippen LogP contribution in [0.15, 0.2) is 67.1 Å². The predicted molar refractivity (Wildman–Crippen MR) is 148 cm³/mol. The molecule has 4 unspecified atom stereocenters. The molecule has 4 N–H and O–H groups in total. The molecular formula is C27H27BrN8O2. The quantitative estimate of drug-likeness (QED) is 0.173. The highest BCUT2D eigenvalue weighted by molar-refractivity contribution is 9.09. The number of benzene rings is 1. The van der Waals surface area contributed by atoms with Crippen molar-refractivity contribution < 1.29 is 9.90 Å². The number of anilines is 2. The minimum Gasteiger partial charge on any atom is -0.383 e. The van der Waals surface area contributed by atoms with Gasteiger partial charge in [0.2, 0.25) is 5.91 Å². The third kappa shape index (κ3) is 4.41. The number of halogens is 1. The summed E-state index contributed by atoms with van der Waals surface area (Å²) in [5.41, 5.74) is 9.20. The van der Waals surface area contributed by atoms with E-state index in [9.17, 15) is 9.90 Å². The number of carbonyl (C=O) groups is 1. The largest absolute Gasteiger partial charge is 0.383 e. The number of hydrogen-bond donors (Lipinski definition) is 3. The third-order valence-electron chi connectivity index (χ3n) is 7.36. The molecule has 2 aliphatic rings. The molecule has 11 heteroatoms. The van der Waals surface area contributed by atoms with Gasteiger partial charge in [0.15, 0.2) is 11.9 Å². The van der Waals surface area contributed by atoms with E-state index >= 15 is 0 Å². The molecule has 10 nitrogen and oxygen atoms in total. The standard InChI is InChI=1S/C27H27BrN8O2/c28-10-3-5-22(37)35-14-16-12-19(35)20(13-16)36-26-23(25(29)31-15-32-26)24(34-36)17-6-8-18(9-7-17)27(38)33-21-4-1-2-11-30-21/h1-9,11,15-16,19-20,27,38H,10,12-14H2,(H,30,33)(H2,29,31,32)/b5-3+. The lowest BCUT2D eigenvalue weighted by molar-refractivity contribution is -0.128. The van der Waals surface area contributed by atoms with Crippen LogP contribution in [-0.4, -0.2) is 58.6 Å². The maximum absolute atomic E-state index is 12.8. The highest BCUT2D eigenvalue weighted by Gasteiger charge is 2.48. The van der Waals surface area contributed by atoms with Crippen LogP contribution in [0.1, 0.15) is 30.7 Å². The number of fused-ring (bicyclic) bond motifs is 3. The molecule has 0 radical (unpaired) electrons. The van der Waals surface area contributed by atoms with Crippen molar-refractivity contribution in [3.8, 4) is 11.3 Å². The molecule has 38 heavy (non-hydrogen) atoms. The topological polar surface area (TPSA) is 135 Å². The van der Waals surface area contributed by atoms with Crippen LogP contribution in [0.2, 0.25) is 0 Å². The molecular weight excluding hydrogens is 548 g/mol. The van der Waals surface area contributed by atoms with Crippen molar-refractivity contribution in [2.24, 2.45) is 5.92 Å². The van der Waals surface area contributed by atoms with E-state index in [4.69, 9.17) is 10.8 Å². The smallest absolute Gasteiger partial charge is 0.246 e. The van der Waals surface area contributed by atoms with Crippen LogP contribution < -0.4 is 11.1 Å². The number of aromatic nitrogens is 5. The van der Waals surface area contributed by atoms with Gasteiger partial charge in [-0.1, -0.05) is 52.3 Å². The normalized spacial score (nSPS) is 21.4. The van der Waals surface area contributed by atoms with Crippen LogP contribution in [0.5, 0.6) is 0 Å². The zero-order valence-electron chi connectivity index (χ0n) is 20.5. The number of piperidine rings is 1. The van der Waals surface area contributed by atoms with E-state index in [0.717, 1.165) is 24.9 Å². The predicted octanol–water partition coefficient (Wildman–Crippen LogP) is 3.69. The molecule has 194 valence electrons. The van der Waals surface area contributed by atoms with Crippen molar-refractivity contribution in [1.82, 2.24) is 29.6 Å². The first-order chi connectivity index (χ1) is 18.5. The van der Waals surface area contributed by atoms with E-state index in [1.165, 1.54) is 6.33 Å². The fourth-order valence-electron chi connectivity index (χ4n) is 5.67. The van der Waals surface area contributed by atoms with Crippen molar-refractivity contribution in [2.75, 3.05) is 22.9 Å². The van der Waals surface area contributed by atoms with Crippen LogP contribution in [0.25, 0.3) is 22.3 Å². The van der Waals surface area contributed by atoms with Crippen molar-refractivity contribution >= 4 is 44.5 Å². The average Bonchev–Trinajstić information content (AvgIpc) is 3.66. The van der Waals surface area contributed by atoms with E-state index in [-0.39, 0.29) is 18.0 Å². The number of aliphatic hydroxyl groups is 1. The second kappa shape index (κ2) is 10.1. The van der Waals surface area contributed by atoms with Crippen LogP contribution in [0.4, 0.5) is 11.6 Å². The molecule has 1 aromatic carbocycles. The lowest BCUT2D eigenvalue weighted by Gasteiger charge is -2.32. The number of pyridine rings is 1. The summed E-state index contributed by atoms with van der Waals surface area (Å²) in [4.78, 5) is 27.8. The number of rotatable bonds is 7. The number of nitrogens with two attached hydrogens (primary N) is 1. The number of hydrogen-bond acceptors (Lipinski definition) is 8. The lowest BCUT2D eigenvalue weighted by Crippen LogP contribution is -2.42. The van der Waals surface area contributed by atoms with Gasteiger partial charge in [-0.15, -0.1) is 0 Å². The number of alkyl halides is 1. The van der Waals surface area contributed by atoms with Gasteiger partial charge in [-0.2, -0.15) is 5.10 Å². The van der Waals surface area contributed by atoms with E-state index in [1.54, 1.807) is 18.3 Å². The van der Waals surface area contributed by atoms with Gasteiger partial charge in [-0.3, -0.25) is 4.79 Å². The number of carbonyl (C=O) groups excluding carboxylic acids is 1. The summed E-state index contributed by atoms with van der Waals surface area (Å²) in [6.45, 7) is 0.770. The fraction of sp³-hybridized carbons (Fsp3) is 0.296. The minimum atomic E-state index is -0.919. The van der Waals surface area contributed by atoms with E-state index in [2.05, 4.69) is 36.2 Å². The highest BCUT2D eigenvalue weighted by atomic mass is 79.9. The Morgan fingerprint density at radius 3 is 2.71 bits per heavy atom. The van der Waals surface area contributed by atoms with Crippen LogP contribution >= 0.6 is 15.9 Å². The molecule has 6 rings (SSSR count). The highest BCUT2D eigenvalue weighted by Crippen LogP contribution is 2.46. The fourth-order valence-corrected chi connectivity index (χ4v) is 5.86. The molecule has 0 spiro atoms. The van der Waals surface area contributed by atoms with Crippen LogP contribution in [-0.2, 0) is 4.79 Å². The molecule has 3 aromatic heterocycles. The van der Waals surface area contributed by atoms with Gasteiger partial charge < -0.3 is 21.1 Å². The van der Waals surface area contributed by atoms with Crippen molar-refractivity contribution in [3.05, 3.63) is 72.7 Å². The Morgan fingerprint density at radius 1 is 1.16 bits per heavy atom. The van der Waals surface area contributed by atoms with Gasteiger partial charge in [0.05, 0.1) is 17.5 Å². The lowest BCUT2D eigenvalue weighted by atomic mass is 10.1. The van der Waals surface area contributed by atoms with E-state index in [1.807, 2.05) is 52.1 Å². The van der Waals surface area contributed by atoms with E-state index in [0.29, 0.717) is 45.2 Å². The Balaban J connectivity index is 1.32. The second-order valence-corrected chi connectivity index (χ2v) is 10.3. The molecule has 2 fully saturated rings. The number of likely N-dealkylation sites (tertiary alicyclic amines) is 1. The Bertz CT molecular complexity index is 1490. The van der Waals surface area contributed by atoms with Crippen molar-refractivity contribution in [1.29, 1.82) is 0 Å². The number of allylic oxidation sites excluding steroid dienone is 1. The minimum absolute atomic E-state index is 0.00397. The number of nitrogens with one attached hydrogen (secondary N) is 1. The monoisotopic (exact) mass is 574 g/mol. The second-order valence-electron chi connectivity index (χ2n) is 9.65. The molecule has 1 saturated carbocycles. The van der Waals surface area contributed by atoms with Crippen LogP contribution in [0.3, 0.4) is 0 Å². The molecule has 1 saturated heterocycles. The van der Waals surface area contributed by atoms with Gasteiger partial charge >= 0.3 is 0 Å². The number of aliphatic hydroxyl groups excluding tert-OH is 1. The molecule has 4 heterocycles. The average molecular weight is 575 g/mol. The third-order valence-corrected chi connectivity index (χ3v) is 7.74. The number of nitrogens with zero attached hydrogens (tertiary/aromatic N) is 6. The summed E-state index contributed by atoms with van der Waals surface area (Å²) < 4.78 is 1.94. The summed E-state index contributed by atoms with van der Waals surface area (Å²) in [6.07, 6.45) is 7.54. The summed E-state index contributed by atoms with van der Waals surface area (Å²) in [5, 5.41) is 19.9. The maximum Gasteiger partial charge on any atom is 0.246 e. The molecule has 2 bridgehead atoms. The Hall–Kier alpha value is -3.83. The first kappa shape index (κ1) is 24.5. The zero-order chi connectivity index (χ0) is 26.2. The molecule has 1 aliphatic heterocycles. The summed E-state index contributed by atoms with van der Waals surface area (Å²) in [7, 11) is 0. The van der Waals surface area contributed by atoms with Gasteiger partial charge in [-0.05, 0) is 37.0 Å². The Morgan fingerprint density at radius 2 is 1.97 bits per heavy atom. The first-order valence-corrected chi connectivity index (χ1v) is 13.6. The first-order valence-electron chi connectivity index (χ1n) is 12.5. The summed E-state index contributed by atoms with van der Waals surface area (Å²) in [5.74, 6) is 1.40. The van der Waals surface area contributed by atoms with Crippen molar-refractivity contribution in [3.63, 3.8) is 0 Å². The SMILES string of the molecule is Nc1ncnc2c1c(-c1ccc(C(O)Nc3ccccn3)cc1)nn2C1CC2CC1N(C(=O)/C=C/CBr)C2. The Kier molecular flexibility index (Phi) is 6.54. The molecule has 4 aromatic rings. The van der Waals surface area contributed by atoms with Crippen molar-refractivity contribution in [2.45, 2.75) is 31.2 Å². The molecule has 1 aliphatic carbocycles. The number of nitrogen functional groups attached to an aromatic ring is 1. The van der Waals surface area contributed by atoms with Gasteiger partial charge in [-0.25, -0.2) is 19.6 Å². The van der Waals surface area contributed by atoms with Gasteiger partial charge in [0, 0.05) is 29.2 Å². The van der Waals surface area contributed by atoms with Gasteiger partial charge in [0.25, 0.3) is 0 Å². The van der Waals surface area contributed by atoms with E-state index < -0.39 is 6.23 Å². The Labute approximate surface area is 227 Å². The molecule has 1 amide bonds. The molecule has 4 atom stereocenters. The summed E-state index contributed by atoms with van der Waals surface area (Å²) in [6, 6.07) is 13.0. The van der Waals surface area contributed by atoms with Gasteiger partial charge in [0.1, 0.15) is 23.7 Å². The zero-order valence-corrected chi connectivity index (χ0v) is 22.1. The maximum atomic E-state index is 12.8.